The van der Waals surface area contributed by atoms with Crippen LogP contribution < -0.4 is 0 Å². The number of hydrogen-bond donors (Lipinski definition) is 1. The van der Waals surface area contributed by atoms with Gasteiger partial charge in [-0.2, -0.15) is 0 Å². The van der Waals surface area contributed by atoms with Crippen LogP contribution in [0.25, 0.3) is 11.1 Å². The van der Waals surface area contributed by atoms with E-state index in [0.717, 1.165) is 16.7 Å². The standard InChI is InChI=1S/C14H15NO2/c1-9-4-5-12(10(2)6-9)11-7-13(14(16)17)15(3)8-11/h4-8H,1-3H3,(H,16,17). The summed E-state index contributed by atoms with van der Waals surface area (Å²) in [4.78, 5) is 11.0. The number of carbonyl (C=O) groups is 1. The lowest BCUT2D eigenvalue weighted by Gasteiger charge is -2.04. The van der Waals surface area contributed by atoms with Crippen molar-refractivity contribution >= 4 is 5.97 Å². The summed E-state index contributed by atoms with van der Waals surface area (Å²) in [7, 11) is 1.75. The number of rotatable bonds is 2. The Morgan fingerprint density at radius 1 is 1.24 bits per heavy atom. The van der Waals surface area contributed by atoms with E-state index < -0.39 is 5.97 Å². The first-order chi connectivity index (χ1) is 7.99. The molecule has 0 spiro atoms. The molecule has 1 aromatic carbocycles. The van der Waals surface area contributed by atoms with Gasteiger partial charge in [-0.05, 0) is 31.0 Å². The minimum atomic E-state index is -0.900. The zero-order valence-corrected chi connectivity index (χ0v) is 10.2. The van der Waals surface area contributed by atoms with Gasteiger partial charge in [-0.3, -0.25) is 0 Å². The number of carboxylic acid groups (broad SMARTS) is 1. The van der Waals surface area contributed by atoms with Gasteiger partial charge in [-0.25, -0.2) is 4.79 Å². The Morgan fingerprint density at radius 2 is 1.94 bits per heavy atom. The predicted octanol–water partition coefficient (Wildman–Crippen LogP) is 3.01. The predicted molar refractivity (Wildman–Crippen MR) is 67.3 cm³/mol. The molecule has 0 amide bonds. The molecule has 3 nitrogen and oxygen atoms in total. The lowest BCUT2D eigenvalue weighted by atomic mass is 10.0. The van der Waals surface area contributed by atoms with Crippen molar-refractivity contribution in [1.82, 2.24) is 4.57 Å². The van der Waals surface area contributed by atoms with Gasteiger partial charge in [-0.1, -0.05) is 23.8 Å². The van der Waals surface area contributed by atoms with Crippen LogP contribution in [0.2, 0.25) is 0 Å². The molecule has 1 aromatic heterocycles. The number of nitrogens with zero attached hydrogens (tertiary/aromatic N) is 1. The maximum Gasteiger partial charge on any atom is 0.352 e. The quantitative estimate of drug-likeness (QED) is 0.860. The van der Waals surface area contributed by atoms with Crippen molar-refractivity contribution in [1.29, 1.82) is 0 Å². The van der Waals surface area contributed by atoms with Crippen LogP contribution in [0.1, 0.15) is 21.6 Å². The van der Waals surface area contributed by atoms with Crippen LogP contribution in [0.5, 0.6) is 0 Å². The highest BCUT2D eigenvalue weighted by Gasteiger charge is 2.12. The van der Waals surface area contributed by atoms with E-state index in [1.807, 2.05) is 32.2 Å². The van der Waals surface area contributed by atoms with E-state index in [0.29, 0.717) is 5.69 Å². The highest BCUT2D eigenvalue weighted by atomic mass is 16.4. The van der Waals surface area contributed by atoms with Gasteiger partial charge in [0.1, 0.15) is 5.69 Å². The molecule has 0 aliphatic heterocycles. The average Bonchev–Trinajstić information content (AvgIpc) is 2.60. The molecule has 0 saturated heterocycles. The Bertz CT molecular complexity index is 582. The van der Waals surface area contributed by atoms with Crippen LogP contribution in [0.3, 0.4) is 0 Å². The third-order valence-electron chi connectivity index (χ3n) is 2.92. The number of aromatic nitrogens is 1. The van der Waals surface area contributed by atoms with Crippen LogP contribution >= 0.6 is 0 Å². The number of carboxylic acids is 1. The molecular weight excluding hydrogens is 214 g/mol. The lowest BCUT2D eigenvalue weighted by Crippen LogP contribution is -2.02. The Hall–Kier alpha value is -2.03. The SMILES string of the molecule is Cc1ccc(-c2cc(C(=O)O)n(C)c2)c(C)c1. The molecule has 0 radical (unpaired) electrons. The van der Waals surface area contributed by atoms with Crippen molar-refractivity contribution in [3.8, 4) is 11.1 Å². The summed E-state index contributed by atoms with van der Waals surface area (Å²) in [6.45, 7) is 4.08. The highest BCUT2D eigenvalue weighted by molar-refractivity contribution is 5.88. The van der Waals surface area contributed by atoms with Gasteiger partial charge in [-0.15, -0.1) is 0 Å². The Balaban J connectivity index is 2.53. The Morgan fingerprint density at radius 3 is 2.47 bits per heavy atom. The van der Waals surface area contributed by atoms with Crippen LogP contribution in [0.4, 0.5) is 0 Å². The molecule has 3 heteroatoms. The van der Waals surface area contributed by atoms with E-state index in [4.69, 9.17) is 5.11 Å². The molecule has 0 bridgehead atoms. The summed E-state index contributed by atoms with van der Waals surface area (Å²) in [5, 5.41) is 9.02. The first kappa shape index (κ1) is 11.5. The highest BCUT2D eigenvalue weighted by Crippen LogP contribution is 2.25. The second kappa shape index (κ2) is 4.09. The second-order valence-corrected chi connectivity index (χ2v) is 4.35. The maximum atomic E-state index is 11.0. The summed E-state index contributed by atoms with van der Waals surface area (Å²) < 4.78 is 1.64. The van der Waals surface area contributed by atoms with E-state index in [1.165, 1.54) is 5.56 Å². The number of hydrogen-bond acceptors (Lipinski definition) is 1. The number of benzene rings is 1. The Kier molecular flexibility index (Phi) is 2.76. The largest absolute Gasteiger partial charge is 0.477 e. The topological polar surface area (TPSA) is 42.2 Å². The lowest BCUT2D eigenvalue weighted by molar-refractivity contribution is 0.0686. The van der Waals surface area contributed by atoms with Crippen LogP contribution in [0.15, 0.2) is 30.5 Å². The molecule has 0 unspecified atom stereocenters. The van der Waals surface area contributed by atoms with Gasteiger partial charge in [0.15, 0.2) is 0 Å². The van der Waals surface area contributed by atoms with Gasteiger partial charge < -0.3 is 9.67 Å². The molecule has 2 aromatic rings. The molecule has 0 aliphatic carbocycles. The number of aryl methyl sites for hydroxylation is 3. The monoisotopic (exact) mass is 229 g/mol. The first-order valence-corrected chi connectivity index (χ1v) is 5.46. The fourth-order valence-electron chi connectivity index (χ4n) is 2.06. The molecule has 1 heterocycles. The van der Waals surface area contributed by atoms with Crippen molar-refractivity contribution in [3.05, 3.63) is 47.3 Å². The van der Waals surface area contributed by atoms with Gasteiger partial charge in [0.2, 0.25) is 0 Å². The zero-order chi connectivity index (χ0) is 12.6. The summed E-state index contributed by atoms with van der Waals surface area (Å²) in [6.07, 6.45) is 1.85. The smallest absolute Gasteiger partial charge is 0.352 e. The minimum Gasteiger partial charge on any atom is -0.477 e. The van der Waals surface area contributed by atoms with E-state index in [-0.39, 0.29) is 0 Å². The third kappa shape index (κ3) is 2.09. The number of aromatic carboxylic acids is 1. The fourth-order valence-corrected chi connectivity index (χ4v) is 2.06. The zero-order valence-electron chi connectivity index (χ0n) is 10.2. The summed E-state index contributed by atoms with van der Waals surface area (Å²) >= 11 is 0. The molecule has 17 heavy (non-hydrogen) atoms. The molecule has 0 aliphatic rings. The molecule has 0 saturated carbocycles. The van der Waals surface area contributed by atoms with Gasteiger partial charge in [0.05, 0.1) is 0 Å². The van der Waals surface area contributed by atoms with E-state index in [2.05, 4.69) is 6.07 Å². The molecule has 2 rings (SSSR count). The normalized spacial score (nSPS) is 10.5. The van der Waals surface area contributed by atoms with Crippen molar-refractivity contribution in [3.63, 3.8) is 0 Å². The third-order valence-corrected chi connectivity index (χ3v) is 2.92. The summed E-state index contributed by atoms with van der Waals surface area (Å²) in [5.41, 5.74) is 4.70. The van der Waals surface area contributed by atoms with Gasteiger partial charge in [0, 0.05) is 18.8 Å². The van der Waals surface area contributed by atoms with E-state index in [9.17, 15) is 4.79 Å². The van der Waals surface area contributed by atoms with Crippen molar-refractivity contribution in [2.75, 3.05) is 0 Å². The summed E-state index contributed by atoms with van der Waals surface area (Å²) in [6, 6.07) is 7.88. The van der Waals surface area contributed by atoms with Gasteiger partial charge in [0.25, 0.3) is 0 Å². The maximum absolute atomic E-state index is 11.0. The van der Waals surface area contributed by atoms with E-state index in [1.54, 1.807) is 17.7 Å². The van der Waals surface area contributed by atoms with Crippen LogP contribution in [-0.4, -0.2) is 15.6 Å². The average molecular weight is 229 g/mol. The molecule has 88 valence electrons. The molecule has 1 N–H and O–H groups in total. The fraction of sp³-hybridized carbons (Fsp3) is 0.214. The minimum absolute atomic E-state index is 0.306. The van der Waals surface area contributed by atoms with Crippen molar-refractivity contribution in [2.45, 2.75) is 13.8 Å². The second-order valence-electron chi connectivity index (χ2n) is 4.35. The van der Waals surface area contributed by atoms with Crippen LogP contribution in [-0.2, 0) is 7.05 Å². The van der Waals surface area contributed by atoms with Crippen molar-refractivity contribution < 1.29 is 9.90 Å². The molecular formula is C14H15NO2. The van der Waals surface area contributed by atoms with Crippen molar-refractivity contribution in [2.24, 2.45) is 7.05 Å². The Labute approximate surface area is 100 Å². The van der Waals surface area contributed by atoms with Gasteiger partial charge >= 0.3 is 5.97 Å². The molecule has 0 fully saturated rings. The first-order valence-electron chi connectivity index (χ1n) is 5.46. The van der Waals surface area contributed by atoms with E-state index >= 15 is 0 Å². The molecule has 0 atom stereocenters. The summed E-state index contributed by atoms with van der Waals surface area (Å²) in [5.74, 6) is -0.900. The van der Waals surface area contributed by atoms with Crippen LogP contribution in [0, 0.1) is 13.8 Å².